The van der Waals surface area contributed by atoms with Gasteiger partial charge in [-0.3, -0.25) is 9.98 Å². The summed E-state index contributed by atoms with van der Waals surface area (Å²) in [7, 11) is 0. The molecule has 0 saturated carbocycles. The third-order valence-corrected chi connectivity index (χ3v) is 3.04. The van der Waals surface area contributed by atoms with Gasteiger partial charge in [-0.25, -0.2) is 0 Å². The van der Waals surface area contributed by atoms with Crippen LogP contribution in [0.15, 0.2) is 88.1 Å². The topological polar surface area (TPSA) is 70.2 Å². The molecule has 0 saturated heterocycles. The van der Waals surface area contributed by atoms with E-state index in [0.717, 1.165) is 17.1 Å². The van der Waals surface area contributed by atoms with Crippen LogP contribution in [0.25, 0.3) is 0 Å². The molecule has 1 N–H and O–H groups in total. The van der Waals surface area contributed by atoms with Crippen LogP contribution in [0.2, 0.25) is 0 Å². The Hall–Kier alpha value is -3.34. The van der Waals surface area contributed by atoms with Crippen molar-refractivity contribution in [1.82, 2.24) is 4.98 Å². The first-order valence-electron chi connectivity index (χ1n) is 7.06. The Kier molecular flexibility index (Phi) is 4.49. The Morgan fingerprint density at radius 3 is 2.09 bits per heavy atom. The lowest BCUT2D eigenvalue weighted by Gasteiger charge is -1.97. The third-order valence-electron chi connectivity index (χ3n) is 3.04. The van der Waals surface area contributed by atoms with E-state index in [-0.39, 0.29) is 5.75 Å². The number of nitrogens with zero attached hydrogens (tertiary/aromatic N) is 4. The Labute approximate surface area is 133 Å². The number of azo groups is 1. The smallest absolute Gasteiger partial charge is 0.142 e. The predicted molar refractivity (Wildman–Crippen MR) is 90.2 cm³/mol. The highest BCUT2D eigenvalue weighted by atomic mass is 16.3. The van der Waals surface area contributed by atoms with Gasteiger partial charge in [-0.1, -0.05) is 18.2 Å². The SMILES string of the molecule is Oc1cccnc1C=Nc1ccc(N=Nc2ccccc2)cc1. The molecule has 23 heavy (non-hydrogen) atoms. The molecule has 1 heterocycles. The van der Waals surface area contributed by atoms with Gasteiger partial charge in [0.15, 0.2) is 0 Å². The average Bonchev–Trinajstić information content (AvgIpc) is 2.61. The molecule has 0 aliphatic heterocycles. The largest absolute Gasteiger partial charge is 0.506 e. The van der Waals surface area contributed by atoms with Crippen LogP contribution in [0, 0.1) is 0 Å². The molecule has 0 unspecified atom stereocenters. The van der Waals surface area contributed by atoms with Crippen molar-refractivity contribution in [2.75, 3.05) is 0 Å². The van der Waals surface area contributed by atoms with E-state index in [2.05, 4.69) is 20.2 Å². The standard InChI is InChI=1S/C18H14N4O/c23-18-7-4-12-19-17(18)13-20-14-8-10-16(11-9-14)22-21-15-5-2-1-3-6-15/h1-13,23H. The lowest BCUT2D eigenvalue weighted by molar-refractivity contribution is 0.471. The van der Waals surface area contributed by atoms with Crippen LogP contribution in [0.4, 0.5) is 17.1 Å². The van der Waals surface area contributed by atoms with Crippen LogP contribution in [0.5, 0.6) is 5.75 Å². The van der Waals surface area contributed by atoms with E-state index in [1.54, 1.807) is 18.3 Å². The zero-order valence-corrected chi connectivity index (χ0v) is 12.2. The van der Waals surface area contributed by atoms with E-state index in [1.165, 1.54) is 6.21 Å². The molecule has 3 rings (SSSR count). The van der Waals surface area contributed by atoms with Gasteiger partial charge in [0.25, 0.3) is 0 Å². The lowest BCUT2D eigenvalue weighted by atomic mass is 10.3. The second-order valence-electron chi connectivity index (χ2n) is 4.72. The van der Waals surface area contributed by atoms with Crippen molar-refractivity contribution in [1.29, 1.82) is 0 Å². The number of rotatable bonds is 4. The van der Waals surface area contributed by atoms with Crippen molar-refractivity contribution in [3.05, 3.63) is 78.6 Å². The molecule has 2 aromatic carbocycles. The summed E-state index contributed by atoms with van der Waals surface area (Å²) in [5.74, 6) is 0.101. The first kappa shape index (κ1) is 14.6. The number of hydrogen-bond donors (Lipinski definition) is 1. The molecule has 0 bridgehead atoms. The summed E-state index contributed by atoms with van der Waals surface area (Å²) >= 11 is 0. The summed E-state index contributed by atoms with van der Waals surface area (Å²) in [5, 5.41) is 18.0. The first-order chi connectivity index (χ1) is 11.3. The molecule has 1 aromatic heterocycles. The maximum absolute atomic E-state index is 9.63. The number of aromatic nitrogens is 1. The fourth-order valence-electron chi connectivity index (χ4n) is 1.86. The lowest BCUT2D eigenvalue weighted by Crippen LogP contribution is -1.86. The number of aliphatic imine (C=N–C) groups is 1. The fourth-order valence-corrected chi connectivity index (χ4v) is 1.86. The molecule has 3 aromatic rings. The van der Waals surface area contributed by atoms with E-state index in [0.29, 0.717) is 5.69 Å². The normalized spacial score (nSPS) is 11.3. The molecule has 0 amide bonds. The minimum atomic E-state index is 0.101. The van der Waals surface area contributed by atoms with Crippen LogP contribution < -0.4 is 0 Å². The molecular formula is C18H14N4O. The van der Waals surface area contributed by atoms with Crippen LogP contribution >= 0.6 is 0 Å². The molecule has 0 atom stereocenters. The molecule has 112 valence electrons. The Morgan fingerprint density at radius 1 is 0.739 bits per heavy atom. The summed E-state index contributed by atoms with van der Waals surface area (Å²) in [6, 6.07) is 20.1. The summed E-state index contributed by atoms with van der Waals surface area (Å²) in [4.78, 5) is 8.32. The Morgan fingerprint density at radius 2 is 1.39 bits per heavy atom. The molecule has 0 spiro atoms. The average molecular weight is 302 g/mol. The minimum Gasteiger partial charge on any atom is -0.506 e. The van der Waals surface area contributed by atoms with Gasteiger partial charge in [0.2, 0.25) is 0 Å². The molecule has 5 nitrogen and oxygen atoms in total. The first-order valence-corrected chi connectivity index (χ1v) is 7.06. The van der Waals surface area contributed by atoms with Gasteiger partial charge in [-0.05, 0) is 48.5 Å². The van der Waals surface area contributed by atoms with Crippen molar-refractivity contribution < 1.29 is 5.11 Å². The second-order valence-corrected chi connectivity index (χ2v) is 4.72. The fraction of sp³-hybridized carbons (Fsp3) is 0. The molecule has 0 fully saturated rings. The van der Waals surface area contributed by atoms with Gasteiger partial charge in [-0.15, -0.1) is 0 Å². The number of hydrogen-bond acceptors (Lipinski definition) is 5. The van der Waals surface area contributed by atoms with Gasteiger partial charge >= 0.3 is 0 Å². The quantitative estimate of drug-likeness (QED) is 0.547. The summed E-state index contributed by atoms with van der Waals surface area (Å²) < 4.78 is 0. The van der Waals surface area contributed by atoms with Gasteiger partial charge in [0.1, 0.15) is 11.4 Å². The number of aromatic hydroxyl groups is 1. The van der Waals surface area contributed by atoms with E-state index in [4.69, 9.17) is 0 Å². The van der Waals surface area contributed by atoms with E-state index in [1.807, 2.05) is 54.6 Å². The summed E-state index contributed by atoms with van der Waals surface area (Å²) in [6.07, 6.45) is 3.13. The van der Waals surface area contributed by atoms with E-state index < -0.39 is 0 Å². The highest BCUT2D eigenvalue weighted by Crippen LogP contribution is 2.21. The highest BCUT2D eigenvalue weighted by Gasteiger charge is 1.97. The van der Waals surface area contributed by atoms with Gasteiger partial charge in [0.05, 0.1) is 23.3 Å². The van der Waals surface area contributed by atoms with Gasteiger partial charge < -0.3 is 5.11 Å². The van der Waals surface area contributed by atoms with Crippen LogP contribution in [-0.4, -0.2) is 16.3 Å². The van der Waals surface area contributed by atoms with Gasteiger partial charge in [-0.2, -0.15) is 10.2 Å². The summed E-state index contributed by atoms with van der Waals surface area (Å²) in [6.45, 7) is 0. The molecule has 0 radical (unpaired) electrons. The van der Waals surface area contributed by atoms with Crippen molar-refractivity contribution >= 4 is 23.3 Å². The van der Waals surface area contributed by atoms with Gasteiger partial charge in [0, 0.05) is 6.20 Å². The number of pyridine rings is 1. The zero-order valence-electron chi connectivity index (χ0n) is 12.2. The van der Waals surface area contributed by atoms with E-state index >= 15 is 0 Å². The molecule has 5 heteroatoms. The second kappa shape index (κ2) is 7.09. The summed E-state index contributed by atoms with van der Waals surface area (Å²) in [5.41, 5.74) is 2.72. The van der Waals surface area contributed by atoms with Crippen LogP contribution in [-0.2, 0) is 0 Å². The van der Waals surface area contributed by atoms with Crippen LogP contribution in [0.1, 0.15) is 5.69 Å². The van der Waals surface area contributed by atoms with Crippen molar-refractivity contribution in [3.8, 4) is 5.75 Å². The van der Waals surface area contributed by atoms with Crippen molar-refractivity contribution in [2.24, 2.45) is 15.2 Å². The Bertz CT molecular complexity index is 827. The minimum absolute atomic E-state index is 0.101. The zero-order chi connectivity index (χ0) is 15.9. The monoisotopic (exact) mass is 302 g/mol. The Balaban J connectivity index is 1.70. The molecular weight excluding hydrogens is 288 g/mol. The van der Waals surface area contributed by atoms with Crippen molar-refractivity contribution in [2.45, 2.75) is 0 Å². The third kappa shape index (κ3) is 4.07. The maximum Gasteiger partial charge on any atom is 0.142 e. The maximum atomic E-state index is 9.63. The van der Waals surface area contributed by atoms with Crippen LogP contribution in [0.3, 0.4) is 0 Å². The predicted octanol–water partition coefficient (Wildman–Crippen LogP) is 4.95. The highest BCUT2D eigenvalue weighted by molar-refractivity contribution is 5.82. The number of benzene rings is 2. The van der Waals surface area contributed by atoms with E-state index in [9.17, 15) is 5.11 Å². The molecule has 0 aliphatic carbocycles. The molecule has 0 aliphatic rings. The van der Waals surface area contributed by atoms with Crippen molar-refractivity contribution in [3.63, 3.8) is 0 Å².